The highest BCUT2D eigenvalue weighted by Gasteiger charge is 2.31. The summed E-state index contributed by atoms with van der Waals surface area (Å²) in [6.07, 6.45) is 0. The number of hydrogen-bond donors (Lipinski definition) is 1. The predicted octanol–water partition coefficient (Wildman–Crippen LogP) is 3.12. The number of carbonyl (C=O) groups excluding carboxylic acids is 2. The lowest BCUT2D eigenvalue weighted by atomic mass is 10.0. The zero-order chi connectivity index (χ0) is 19.6. The molecule has 8 heteroatoms. The van der Waals surface area contributed by atoms with E-state index in [2.05, 4.69) is 0 Å². The van der Waals surface area contributed by atoms with Crippen molar-refractivity contribution in [3.05, 3.63) is 69.5 Å². The highest BCUT2D eigenvalue weighted by atomic mass is 35.5. The summed E-state index contributed by atoms with van der Waals surface area (Å²) < 4.78 is 14.0. The molecule has 142 valence electrons. The number of nitrogens with zero attached hydrogens (tertiary/aromatic N) is 2. The Morgan fingerprint density at radius 2 is 1.56 bits per heavy atom. The van der Waals surface area contributed by atoms with Crippen LogP contribution < -0.4 is 5.73 Å². The summed E-state index contributed by atoms with van der Waals surface area (Å²) in [5.41, 5.74) is 6.29. The maximum atomic E-state index is 14.0. The molecule has 2 aromatic carbocycles. The van der Waals surface area contributed by atoms with Crippen LogP contribution in [0.15, 0.2) is 42.5 Å². The first kappa shape index (κ1) is 19.6. The van der Waals surface area contributed by atoms with E-state index < -0.39 is 23.7 Å². The number of benzene rings is 2. The van der Waals surface area contributed by atoms with E-state index in [1.807, 2.05) is 4.90 Å². The molecule has 1 saturated heterocycles. The van der Waals surface area contributed by atoms with E-state index in [1.54, 1.807) is 29.2 Å². The molecule has 27 heavy (non-hydrogen) atoms. The van der Waals surface area contributed by atoms with Gasteiger partial charge in [0.1, 0.15) is 11.9 Å². The maximum Gasteiger partial charge on any atom is 0.256 e. The summed E-state index contributed by atoms with van der Waals surface area (Å²) in [5.74, 6) is -1.50. The van der Waals surface area contributed by atoms with Crippen molar-refractivity contribution in [2.24, 2.45) is 5.73 Å². The molecule has 0 aliphatic carbocycles. The Labute approximate surface area is 166 Å². The fourth-order valence-electron chi connectivity index (χ4n) is 3.22. The molecule has 1 heterocycles. The molecule has 0 bridgehead atoms. The number of hydrogen-bond acceptors (Lipinski definition) is 3. The molecule has 5 nitrogen and oxygen atoms in total. The number of amides is 2. The highest BCUT2D eigenvalue weighted by molar-refractivity contribution is 6.31. The summed E-state index contributed by atoms with van der Waals surface area (Å²) in [4.78, 5) is 28.1. The molecular weight excluding hydrogens is 392 g/mol. The Kier molecular flexibility index (Phi) is 5.99. The molecular formula is C19H18Cl2FN3O2. The van der Waals surface area contributed by atoms with Crippen LogP contribution in [0.25, 0.3) is 0 Å². The number of rotatable bonds is 4. The second kappa shape index (κ2) is 8.25. The third-order valence-electron chi connectivity index (χ3n) is 4.58. The van der Waals surface area contributed by atoms with Crippen molar-refractivity contribution >= 4 is 35.0 Å². The maximum absolute atomic E-state index is 14.0. The van der Waals surface area contributed by atoms with Gasteiger partial charge in [0.2, 0.25) is 5.91 Å². The molecule has 2 amide bonds. The zero-order valence-corrected chi connectivity index (χ0v) is 15.9. The summed E-state index contributed by atoms with van der Waals surface area (Å²) >= 11 is 11.8. The molecule has 0 saturated carbocycles. The first-order chi connectivity index (χ1) is 12.9. The van der Waals surface area contributed by atoms with E-state index in [0.717, 1.165) is 5.56 Å². The molecule has 2 aromatic rings. The van der Waals surface area contributed by atoms with Gasteiger partial charge in [-0.3, -0.25) is 14.5 Å². The number of primary amides is 1. The molecule has 1 atom stereocenters. The first-order valence-corrected chi connectivity index (χ1v) is 9.15. The van der Waals surface area contributed by atoms with Gasteiger partial charge in [-0.1, -0.05) is 35.3 Å². The van der Waals surface area contributed by atoms with E-state index in [-0.39, 0.29) is 5.56 Å². The fourth-order valence-corrected chi connectivity index (χ4v) is 3.51. The lowest BCUT2D eigenvalue weighted by Gasteiger charge is -2.38. The average molecular weight is 410 g/mol. The largest absolute Gasteiger partial charge is 0.368 e. The minimum absolute atomic E-state index is 0.0555. The molecule has 1 fully saturated rings. The number of nitrogens with two attached hydrogens (primary N) is 1. The molecule has 1 aliphatic heterocycles. The lowest BCUT2D eigenvalue weighted by Crippen LogP contribution is -2.52. The summed E-state index contributed by atoms with van der Waals surface area (Å²) in [5, 5.41) is 0.871. The Balaban J connectivity index is 1.71. The minimum atomic E-state index is -0.609. The van der Waals surface area contributed by atoms with Crippen LogP contribution in [0.1, 0.15) is 22.0 Å². The van der Waals surface area contributed by atoms with E-state index in [9.17, 15) is 14.0 Å². The van der Waals surface area contributed by atoms with Crippen LogP contribution in [-0.2, 0) is 4.79 Å². The topological polar surface area (TPSA) is 66.6 Å². The van der Waals surface area contributed by atoms with Gasteiger partial charge < -0.3 is 10.6 Å². The Hall–Kier alpha value is -2.15. The SMILES string of the molecule is NC(=O)C(c1ccc(Cl)cc1)N1CCN(C(=O)c2cc(Cl)ccc2F)CC1. The van der Waals surface area contributed by atoms with Gasteiger partial charge in [-0.2, -0.15) is 0 Å². The number of piperazine rings is 1. The van der Waals surface area contributed by atoms with Gasteiger partial charge in [0, 0.05) is 36.2 Å². The fraction of sp³-hybridized carbons (Fsp3) is 0.263. The second-order valence-electron chi connectivity index (χ2n) is 6.31. The van der Waals surface area contributed by atoms with Gasteiger partial charge in [-0.25, -0.2) is 4.39 Å². The molecule has 0 spiro atoms. The minimum Gasteiger partial charge on any atom is -0.368 e. The third kappa shape index (κ3) is 4.40. The number of halogens is 3. The van der Waals surface area contributed by atoms with Crippen molar-refractivity contribution in [2.45, 2.75) is 6.04 Å². The van der Waals surface area contributed by atoms with E-state index in [4.69, 9.17) is 28.9 Å². The average Bonchev–Trinajstić information content (AvgIpc) is 2.65. The van der Waals surface area contributed by atoms with Crippen molar-refractivity contribution in [3.8, 4) is 0 Å². The predicted molar refractivity (Wildman–Crippen MR) is 102 cm³/mol. The molecule has 3 rings (SSSR count). The van der Waals surface area contributed by atoms with Gasteiger partial charge in [0.25, 0.3) is 5.91 Å². The third-order valence-corrected chi connectivity index (χ3v) is 5.07. The molecule has 1 unspecified atom stereocenters. The van der Waals surface area contributed by atoms with E-state index >= 15 is 0 Å². The van der Waals surface area contributed by atoms with Gasteiger partial charge in [-0.05, 0) is 35.9 Å². The van der Waals surface area contributed by atoms with Crippen molar-refractivity contribution in [3.63, 3.8) is 0 Å². The molecule has 2 N–H and O–H groups in total. The van der Waals surface area contributed by atoms with Crippen LogP contribution in [0, 0.1) is 5.82 Å². The Bertz CT molecular complexity index is 853. The smallest absolute Gasteiger partial charge is 0.256 e. The van der Waals surface area contributed by atoms with E-state index in [0.29, 0.717) is 36.2 Å². The van der Waals surface area contributed by atoms with Crippen LogP contribution in [-0.4, -0.2) is 47.8 Å². The zero-order valence-electron chi connectivity index (χ0n) is 14.4. The summed E-state index contributed by atoms with van der Waals surface area (Å²) in [6, 6.07) is 10.2. The second-order valence-corrected chi connectivity index (χ2v) is 7.18. The van der Waals surface area contributed by atoms with Crippen molar-refractivity contribution in [1.29, 1.82) is 0 Å². The van der Waals surface area contributed by atoms with Gasteiger partial charge in [0.15, 0.2) is 0 Å². The molecule has 1 aliphatic rings. The standard InChI is InChI=1S/C19H18Cl2FN3O2/c20-13-3-1-12(2-4-13)17(18(23)26)24-7-9-25(10-8-24)19(27)15-11-14(21)5-6-16(15)22/h1-6,11,17H,7-10H2,(H2,23,26). The Morgan fingerprint density at radius 3 is 2.15 bits per heavy atom. The van der Waals surface area contributed by atoms with Gasteiger partial charge in [-0.15, -0.1) is 0 Å². The van der Waals surface area contributed by atoms with Gasteiger partial charge >= 0.3 is 0 Å². The van der Waals surface area contributed by atoms with Crippen LogP contribution in [0.5, 0.6) is 0 Å². The van der Waals surface area contributed by atoms with Gasteiger partial charge in [0.05, 0.1) is 5.56 Å². The van der Waals surface area contributed by atoms with E-state index in [1.165, 1.54) is 18.2 Å². The molecule has 0 radical (unpaired) electrons. The van der Waals surface area contributed by atoms with Crippen molar-refractivity contribution in [2.75, 3.05) is 26.2 Å². The van der Waals surface area contributed by atoms with Crippen LogP contribution >= 0.6 is 23.2 Å². The Morgan fingerprint density at radius 1 is 0.963 bits per heavy atom. The van der Waals surface area contributed by atoms with Crippen LogP contribution in [0.3, 0.4) is 0 Å². The first-order valence-electron chi connectivity index (χ1n) is 8.40. The molecule has 0 aromatic heterocycles. The van der Waals surface area contributed by atoms with Crippen molar-refractivity contribution in [1.82, 2.24) is 9.80 Å². The normalized spacial score (nSPS) is 16.2. The quantitative estimate of drug-likeness (QED) is 0.843. The van der Waals surface area contributed by atoms with Crippen molar-refractivity contribution < 1.29 is 14.0 Å². The summed E-state index contributed by atoms with van der Waals surface area (Å²) in [7, 11) is 0. The van der Waals surface area contributed by atoms with Crippen LogP contribution in [0.2, 0.25) is 10.0 Å². The monoisotopic (exact) mass is 409 g/mol. The number of carbonyl (C=O) groups is 2. The highest BCUT2D eigenvalue weighted by Crippen LogP contribution is 2.24. The van der Waals surface area contributed by atoms with Crippen LogP contribution in [0.4, 0.5) is 4.39 Å². The lowest BCUT2D eigenvalue weighted by molar-refractivity contribution is -0.124. The summed E-state index contributed by atoms with van der Waals surface area (Å²) in [6.45, 7) is 1.57.